The van der Waals surface area contributed by atoms with Crippen molar-refractivity contribution in [3.8, 4) is 5.54 Å². The van der Waals surface area contributed by atoms with Gasteiger partial charge in [-0.15, -0.1) is 17.0 Å². The summed E-state index contributed by atoms with van der Waals surface area (Å²) in [4.78, 5) is 0. The molecule has 0 bridgehead atoms. The van der Waals surface area contributed by atoms with E-state index in [0.717, 1.165) is 0 Å². The van der Waals surface area contributed by atoms with E-state index in [2.05, 4.69) is 33.2 Å². The van der Waals surface area contributed by atoms with Gasteiger partial charge in [-0.05, 0) is 11.1 Å². The van der Waals surface area contributed by atoms with Crippen LogP contribution < -0.4 is 0 Å². The first-order valence-corrected chi connectivity index (χ1v) is 6.58. The molecule has 0 saturated carbocycles. The zero-order chi connectivity index (χ0) is 10.1. The van der Waals surface area contributed by atoms with E-state index < -0.39 is 8.80 Å². The van der Waals surface area contributed by atoms with Gasteiger partial charge in [0.2, 0.25) is 0 Å². The fourth-order valence-corrected chi connectivity index (χ4v) is 3.31. The van der Waals surface area contributed by atoms with Crippen LogP contribution in [0.5, 0.6) is 0 Å². The normalized spacial score (nSPS) is 8.29. The Kier molecular flexibility index (Phi) is 28.6. The van der Waals surface area contributed by atoms with Crippen molar-refractivity contribution in [3.63, 3.8) is 0 Å². The standard InChI is InChI=1S/C8H15Si.C3H7.BrH.Mg/c1-6-9(7(2)3)8(4)5;1-3-2;;/h7-9H,2-5H3;3H,1-2H3;1H;/q2*-1;;+2. The van der Waals surface area contributed by atoms with Crippen LogP contribution in [0.3, 0.4) is 0 Å². The van der Waals surface area contributed by atoms with Gasteiger partial charge in [-0.3, -0.25) is 0 Å². The molecule has 0 unspecified atom stereocenters. The van der Waals surface area contributed by atoms with Crippen LogP contribution in [-0.2, 0) is 0 Å². The quantitative estimate of drug-likeness (QED) is 0.414. The Balaban J connectivity index is -0.0000000891. The Hall–Kier alpha value is 1.02. The topological polar surface area (TPSA) is 0 Å². The minimum absolute atomic E-state index is 0. The van der Waals surface area contributed by atoms with E-state index in [0.29, 0.717) is 11.1 Å². The summed E-state index contributed by atoms with van der Waals surface area (Å²) in [5.74, 6) is 0. The van der Waals surface area contributed by atoms with Crippen LogP contribution in [-0.4, -0.2) is 31.8 Å². The number of halogens is 1. The van der Waals surface area contributed by atoms with Crippen LogP contribution in [0.1, 0.15) is 41.5 Å². The fraction of sp³-hybridized carbons (Fsp3) is 0.727. The molecule has 0 atom stereocenters. The van der Waals surface area contributed by atoms with Gasteiger partial charge in [-0.1, -0.05) is 27.7 Å². The Morgan fingerprint density at radius 3 is 1.29 bits per heavy atom. The van der Waals surface area contributed by atoms with Crippen molar-refractivity contribution in [2.24, 2.45) is 0 Å². The smallest absolute Gasteiger partial charge is 0.701 e. The monoisotopic (exact) mass is 286 g/mol. The van der Waals surface area contributed by atoms with E-state index in [-0.39, 0.29) is 40.0 Å². The van der Waals surface area contributed by atoms with Crippen molar-refractivity contribution in [2.45, 2.75) is 52.6 Å². The molecule has 0 spiro atoms. The molecule has 0 saturated heterocycles. The van der Waals surface area contributed by atoms with Crippen molar-refractivity contribution >= 4 is 48.8 Å². The maximum atomic E-state index is 7.03. The average molecular weight is 288 g/mol. The van der Waals surface area contributed by atoms with Gasteiger partial charge in [-0.25, -0.2) is 0 Å². The molecule has 0 aliphatic heterocycles. The Morgan fingerprint density at radius 2 is 1.29 bits per heavy atom. The van der Waals surface area contributed by atoms with Gasteiger partial charge in [0.15, 0.2) is 0 Å². The third-order valence-electron chi connectivity index (χ3n) is 1.60. The van der Waals surface area contributed by atoms with E-state index in [1.54, 1.807) is 0 Å². The second kappa shape index (κ2) is 16.5. The first-order chi connectivity index (χ1) is 5.51. The van der Waals surface area contributed by atoms with Crippen molar-refractivity contribution in [1.82, 2.24) is 0 Å². The summed E-state index contributed by atoms with van der Waals surface area (Å²) in [7, 11) is -0.943. The van der Waals surface area contributed by atoms with Gasteiger partial charge in [0.1, 0.15) is 0 Å². The van der Waals surface area contributed by atoms with Gasteiger partial charge < -0.3 is 18.4 Å². The average Bonchev–Trinajstić information content (AvgIpc) is 1.88. The molecular weight excluding hydrogens is 264 g/mol. The molecule has 0 radical (unpaired) electrons. The third kappa shape index (κ3) is 15.5. The van der Waals surface area contributed by atoms with Gasteiger partial charge in [-0.2, -0.15) is 13.8 Å². The third-order valence-corrected chi connectivity index (χ3v) is 4.81. The number of rotatable bonds is 2. The van der Waals surface area contributed by atoms with E-state index in [1.807, 2.05) is 20.3 Å². The van der Waals surface area contributed by atoms with Crippen molar-refractivity contribution in [1.29, 1.82) is 0 Å². The van der Waals surface area contributed by atoms with Crippen LogP contribution in [0.25, 0.3) is 0 Å². The SMILES string of the molecule is Br.C[CH-]C.[C-]#C[SiH](C(C)C)C(C)C.[Mg+2]. The minimum Gasteiger partial charge on any atom is -0.701 e. The molecule has 0 aromatic carbocycles. The summed E-state index contributed by atoms with van der Waals surface area (Å²) in [6.45, 7) is 12.8. The summed E-state index contributed by atoms with van der Waals surface area (Å²) in [6.07, 6.45) is 9.03. The molecule has 3 heteroatoms. The summed E-state index contributed by atoms with van der Waals surface area (Å²) < 4.78 is 0. The molecule has 0 rings (SSSR count). The Bertz CT molecular complexity index is 122. The van der Waals surface area contributed by atoms with Gasteiger partial charge in [0.05, 0.1) is 8.80 Å². The molecule has 0 heterocycles. The molecule has 14 heavy (non-hydrogen) atoms. The van der Waals surface area contributed by atoms with Crippen LogP contribution in [0.4, 0.5) is 0 Å². The minimum atomic E-state index is -0.943. The fourth-order valence-electron chi connectivity index (χ4n) is 1.10. The molecule has 0 aromatic rings. The van der Waals surface area contributed by atoms with E-state index in [1.165, 1.54) is 0 Å². The van der Waals surface area contributed by atoms with Crippen molar-refractivity contribution in [3.05, 3.63) is 12.8 Å². The molecule has 80 valence electrons. The van der Waals surface area contributed by atoms with Gasteiger partial charge >= 0.3 is 23.1 Å². The van der Waals surface area contributed by atoms with Crippen LogP contribution >= 0.6 is 17.0 Å². The largest absolute Gasteiger partial charge is 2.00 e. The second-order valence-electron chi connectivity index (χ2n) is 3.74. The maximum absolute atomic E-state index is 7.03. The zero-order valence-corrected chi connectivity index (χ0v) is 14.7. The number of hydrogen-bond donors (Lipinski definition) is 0. The first-order valence-electron chi connectivity index (χ1n) is 4.67. The van der Waals surface area contributed by atoms with Crippen molar-refractivity contribution < 1.29 is 0 Å². The van der Waals surface area contributed by atoms with E-state index in [9.17, 15) is 0 Å². The molecular formula is C11H23BrMgSi. The summed E-state index contributed by atoms with van der Waals surface area (Å²) in [5, 5.41) is 0. The summed E-state index contributed by atoms with van der Waals surface area (Å²) in [6, 6.07) is 0. The van der Waals surface area contributed by atoms with E-state index >= 15 is 0 Å². The number of hydrogen-bond acceptors (Lipinski definition) is 0. The molecule has 0 aromatic heterocycles. The maximum Gasteiger partial charge on any atom is 2.00 e. The molecule has 0 aliphatic carbocycles. The van der Waals surface area contributed by atoms with Gasteiger partial charge in [0, 0.05) is 0 Å². The molecule has 0 amide bonds. The second-order valence-corrected chi connectivity index (χ2v) is 7.74. The predicted octanol–water partition coefficient (Wildman–Crippen LogP) is 3.59. The Labute approximate surface area is 119 Å². The molecule has 0 nitrogen and oxygen atoms in total. The molecule has 0 N–H and O–H groups in total. The molecule has 0 aliphatic rings. The summed E-state index contributed by atoms with van der Waals surface area (Å²) >= 11 is 0. The first kappa shape index (κ1) is 24.3. The predicted molar refractivity (Wildman–Crippen MR) is 76.2 cm³/mol. The van der Waals surface area contributed by atoms with Gasteiger partial charge in [0.25, 0.3) is 0 Å². The Morgan fingerprint density at radius 1 is 1.07 bits per heavy atom. The summed E-state index contributed by atoms with van der Waals surface area (Å²) in [5.41, 5.74) is 4.08. The van der Waals surface area contributed by atoms with Crippen LogP contribution in [0, 0.1) is 18.4 Å². The van der Waals surface area contributed by atoms with E-state index in [4.69, 9.17) is 6.42 Å². The van der Waals surface area contributed by atoms with Crippen LogP contribution in [0.2, 0.25) is 11.1 Å². The van der Waals surface area contributed by atoms with Crippen LogP contribution in [0.15, 0.2) is 0 Å². The van der Waals surface area contributed by atoms with Crippen molar-refractivity contribution in [2.75, 3.05) is 0 Å². The molecule has 0 fully saturated rings. The zero-order valence-electron chi connectivity index (χ0n) is 10.4.